The summed E-state index contributed by atoms with van der Waals surface area (Å²) in [6.07, 6.45) is 3.11. The van der Waals surface area contributed by atoms with E-state index in [0.717, 1.165) is 43.1 Å². The predicted molar refractivity (Wildman–Crippen MR) is 55.9 cm³/mol. The monoisotopic (exact) mass is 213 g/mol. The second-order valence-corrected chi connectivity index (χ2v) is 3.97. The SMILES string of the molecule is CCCc1n[nH]c(=S)n1C1CCOC1. The molecule has 0 radical (unpaired) electrons. The Kier molecular flexibility index (Phi) is 2.98. The van der Waals surface area contributed by atoms with Gasteiger partial charge in [-0.25, -0.2) is 0 Å². The maximum absolute atomic E-state index is 5.36. The Morgan fingerprint density at radius 1 is 1.71 bits per heavy atom. The normalized spacial score (nSPS) is 21.6. The molecule has 1 atom stereocenters. The lowest BCUT2D eigenvalue weighted by Crippen LogP contribution is -2.12. The van der Waals surface area contributed by atoms with Crippen molar-refractivity contribution in [2.24, 2.45) is 0 Å². The molecule has 2 rings (SSSR count). The molecule has 0 aromatic carbocycles. The molecular formula is C9H15N3OS. The van der Waals surface area contributed by atoms with Gasteiger partial charge >= 0.3 is 0 Å². The molecule has 1 N–H and O–H groups in total. The number of hydrogen-bond acceptors (Lipinski definition) is 3. The molecule has 0 amide bonds. The Hall–Kier alpha value is -0.680. The third-order valence-corrected chi connectivity index (χ3v) is 2.81. The Bertz CT molecular complexity index is 351. The van der Waals surface area contributed by atoms with Crippen LogP contribution in [0.2, 0.25) is 0 Å². The molecule has 1 fully saturated rings. The predicted octanol–water partition coefficient (Wildman–Crippen LogP) is 1.85. The minimum Gasteiger partial charge on any atom is -0.379 e. The molecule has 1 aliphatic rings. The van der Waals surface area contributed by atoms with Gasteiger partial charge in [0.05, 0.1) is 12.6 Å². The molecule has 1 aromatic rings. The molecule has 1 aromatic heterocycles. The van der Waals surface area contributed by atoms with E-state index in [1.807, 2.05) is 0 Å². The Labute approximate surface area is 88.3 Å². The van der Waals surface area contributed by atoms with Gasteiger partial charge in [0.1, 0.15) is 5.82 Å². The lowest BCUT2D eigenvalue weighted by Gasteiger charge is -2.11. The Morgan fingerprint density at radius 3 is 3.21 bits per heavy atom. The van der Waals surface area contributed by atoms with E-state index in [1.54, 1.807) is 0 Å². The summed E-state index contributed by atoms with van der Waals surface area (Å²) in [5.74, 6) is 1.06. The fourth-order valence-electron chi connectivity index (χ4n) is 1.84. The van der Waals surface area contributed by atoms with Crippen LogP contribution in [0.1, 0.15) is 31.6 Å². The standard InChI is InChI=1S/C9H15N3OS/c1-2-3-8-10-11-9(14)12(8)7-4-5-13-6-7/h7H,2-6H2,1H3,(H,11,14). The zero-order chi connectivity index (χ0) is 9.97. The third kappa shape index (κ3) is 1.74. The van der Waals surface area contributed by atoms with Gasteiger partial charge in [-0.2, -0.15) is 5.10 Å². The summed E-state index contributed by atoms with van der Waals surface area (Å²) in [5.41, 5.74) is 0. The first-order valence-corrected chi connectivity index (χ1v) is 5.47. The highest BCUT2D eigenvalue weighted by Crippen LogP contribution is 2.20. The lowest BCUT2D eigenvalue weighted by atomic mass is 10.2. The number of nitrogens with zero attached hydrogens (tertiary/aromatic N) is 2. The van der Waals surface area contributed by atoms with Crippen molar-refractivity contribution < 1.29 is 4.74 Å². The van der Waals surface area contributed by atoms with Gasteiger partial charge in [0.2, 0.25) is 0 Å². The molecule has 78 valence electrons. The van der Waals surface area contributed by atoms with Gasteiger partial charge in [-0.1, -0.05) is 6.92 Å². The fourth-order valence-corrected chi connectivity index (χ4v) is 2.14. The smallest absolute Gasteiger partial charge is 0.195 e. The summed E-state index contributed by atoms with van der Waals surface area (Å²) < 4.78 is 8.20. The average Bonchev–Trinajstić information content (AvgIpc) is 2.76. The molecule has 1 unspecified atom stereocenters. The van der Waals surface area contributed by atoms with Gasteiger partial charge < -0.3 is 4.74 Å². The summed E-state index contributed by atoms with van der Waals surface area (Å²) in [5, 5.41) is 7.10. The number of aromatic amines is 1. The average molecular weight is 213 g/mol. The Balaban J connectivity index is 2.28. The molecule has 0 saturated carbocycles. The number of nitrogens with one attached hydrogen (secondary N) is 1. The topological polar surface area (TPSA) is 42.8 Å². The van der Waals surface area contributed by atoms with Gasteiger partial charge in [0, 0.05) is 13.0 Å². The first-order valence-electron chi connectivity index (χ1n) is 5.06. The second-order valence-electron chi connectivity index (χ2n) is 3.58. The van der Waals surface area contributed by atoms with Crippen LogP contribution >= 0.6 is 12.2 Å². The van der Waals surface area contributed by atoms with Crippen LogP contribution < -0.4 is 0 Å². The number of H-pyrrole nitrogens is 1. The van der Waals surface area contributed by atoms with Crippen molar-refractivity contribution in [2.45, 2.75) is 32.2 Å². The molecule has 4 nitrogen and oxygen atoms in total. The van der Waals surface area contributed by atoms with Gasteiger partial charge in [-0.15, -0.1) is 0 Å². The summed E-state index contributed by atoms with van der Waals surface area (Å²) in [6.45, 7) is 3.75. The zero-order valence-corrected chi connectivity index (χ0v) is 9.14. The molecule has 0 spiro atoms. The van der Waals surface area contributed by atoms with E-state index in [0.29, 0.717) is 6.04 Å². The molecule has 5 heteroatoms. The van der Waals surface area contributed by atoms with Gasteiger partial charge in [0.25, 0.3) is 0 Å². The zero-order valence-electron chi connectivity index (χ0n) is 8.32. The highest BCUT2D eigenvalue weighted by Gasteiger charge is 2.21. The van der Waals surface area contributed by atoms with Crippen molar-refractivity contribution in [3.63, 3.8) is 0 Å². The number of ether oxygens (including phenoxy) is 1. The van der Waals surface area contributed by atoms with Crippen molar-refractivity contribution in [3.8, 4) is 0 Å². The highest BCUT2D eigenvalue weighted by molar-refractivity contribution is 7.71. The van der Waals surface area contributed by atoms with Crippen molar-refractivity contribution in [1.29, 1.82) is 0 Å². The number of rotatable bonds is 3. The number of aryl methyl sites for hydroxylation is 1. The molecular weight excluding hydrogens is 198 g/mol. The first kappa shape index (κ1) is 9.86. The first-order chi connectivity index (χ1) is 6.83. The fraction of sp³-hybridized carbons (Fsp3) is 0.778. The van der Waals surface area contributed by atoms with Crippen LogP contribution in [0.4, 0.5) is 0 Å². The van der Waals surface area contributed by atoms with Crippen molar-refractivity contribution in [2.75, 3.05) is 13.2 Å². The molecule has 1 aliphatic heterocycles. The van der Waals surface area contributed by atoms with Crippen molar-refractivity contribution in [3.05, 3.63) is 10.6 Å². The molecule has 1 saturated heterocycles. The largest absolute Gasteiger partial charge is 0.379 e. The van der Waals surface area contributed by atoms with E-state index in [1.165, 1.54) is 0 Å². The van der Waals surface area contributed by atoms with Gasteiger partial charge in [0.15, 0.2) is 4.77 Å². The van der Waals surface area contributed by atoms with E-state index in [4.69, 9.17) is 17.0 Å². The van der Waals surface area contributed by atoms with Crippen LogP contribution in [0.15, 0.2) is 0 Å². The number of hydrogen-bond donors (Lipinski definition) is 1. The quantitative estimate of drug-likeness (QED) is 0.779. The summed E-state index contributed by atoms with van der Waals surface area (Å²) in [7, 11) is 0. The third-order valence-electron chi connectivity index (χ3n) is 2.52. The van der Waals surface area contributed by atoms with E-state index >= 15 is 0 Å². The van der Waals surface area contributed by atoms with E-state index in [9.17, 15) is 0 Å². The van der Waals surface area contributed by atoms with Crippen LogP contribution in [0.5, 0.6) is 0 Å². The van der Waals surface area contributed by atoms with Crippen LogP contribution in [0.25, 0.3) is 0 Å². The Morgan fingerprint density at radius 2 is 2.57 bits per heavy atom. The van der Waals surface area contributed by atoms with Gasteiger partial charge in [-0.3, -0.25) is 9.67 Å². The number of aromatic nitrogens is 3. The minimum absolute atomic E-state index is 0.391. The second kappa shape index (κ2) is 4.23. The van der Waals surface area contributed by atoms with Crippen LogP contribution in [0, 0.1) is 4.77 Å². The van der Waals surface area contributed by atoms with Crippen molar-refractivity contribution in [1.82, 2.24) is 14.8 Å². The van der Waals surface area contributed by atoms with E-state index in [-0.39, 0.29) is 0 Å². The van der Waals surface area contributed by atoms with Crippen LogP contribution in [0.3, 0.4) is 0 Å². The minimum atomic E-state index is 0.391. The van der Waals surface area contributed by atoms with Crippen molar-refractivity contribution >= 4 is 12.2 Å². The molecule has 2 heterocycles. The van der Waals surface area contributed by atoms with Crippen LogP contribution in [-0.4, -0.2) is 28.0 Å². The van der Waals surface area contributed by atoms with Crippen LogP contribution in [-0.2, 0) is 11.2 Å². The molecule has 0 bridgehead atoms. The maximum atomic E-state index is 5.36. The molecule has 14 heavy (non-hydrogen) atoms. The summed E-state index contributed by atoms with van der Waals surface area (Å²) in [4.78, 5) is 0. The summed E-state index contributed by atoms with van der Waals surface area (Å²) in [6, 6.07) is 0.391. The summed E-state index contributed by atoms with van der Waals surface area (Å²) >= 11 is 5.21. The van der Waals surface area contributed by atoms with E-state index in [2.05, 4.69) is 21.7 Å². The van der Waals surface area contributed by atoms with Gasteiger partial charge in [-0.05, 0) is 25.1 Å². The van der Waals surface area contributed by atoms with E-state index < -0.39 is 0 Å². The highest BCUT2D eigenvalue weighted by atomic mass is 32.1. The maximum Gasteiger partial charge on any atom is 0.195 e. The lowest BCUT2D eigenvalue weighted by molar-refractivity contribution is 0.186. The molecule has 0 aliphatic carbocycles.